The number of amides is 1. The van der Waals surface area contributed by atoms with Gasteiger partial charge in [-0.3, -0.25) is 4.79 Å². The third-order valence-electron chi connectivity index (χ3n) is 3.63. The number of ether oxygens (including phenoxy) is 1. The maximum absolute atomic E-state index is 12.8. The van der Waals surface area contributed by atoms with E-state index in [-0.39, 0.29) is 22.0 Å². The predicted molar refractivity (Wildman–Crippen MR) is 93.7 cm³/mol. The third kappa shape index (κ3) is 3.31. The summed E-state index contributed by atoms with van der Waals surface area (Å²) in [5.41, 5.74) is 11.4. The van der Waals surface area contributed by atoms with Crippen molar-refractivity contribution >= 4 is 33.3 Å². The molecule has 1 aliphatic heterocycles. The van der Waals surface area contributed by atoms with Crippen molar-refractivity contribution in [1.82, 2.24) is 0 Å². The van der Waals surface area contributed by atoms with Gasteiger partial charge in [0.2, 0.25) is 0 Å². The molecule has 9 heteroatoms. The Morgan fingerprint density at radius 2 is 1.96 bits per heavy atom. The first-order valence-electron chi connectivity index (χ1n) is 7.15. The van der Waals surface area contributed by atoms with Crippen LogP contribution in [0.1, 0.15) is 21.5 Å². The Morgan fingerprint density at radius 1 is 1.24 bits per heavy atom. The zero-order valence-electron chi connectivity index (χ0n) is 13.1. The van der Waals surface area contributed by atoms with Crippen molar-refractivity contribution in [3.8, 4) is 11.5 Å². The quantitative estimate of drug-likeness (QED) is 0.577. The number of nitrogens with zero attached hydrogens (tertiary/aromatic N) is 1. The van der Waals surface area contributed by atoms with E-state index in [1.54, 1.807) is 25.1 Å². The summed E-state index contributed by atoms with van der Waals surface area (Å²) >= 11 is 5.95. The van der Waals surface area contributed by atoms with Crippen LogP contribution in [-0.2, 0) is 15.6 Å². The first-order valence-corrected chi connectivity index (χ1v) is 9.18. The number of hydrogen-bond donors (Lipinski definition) is 2. The zero-order chi connectivity index (χ0) is 18.4. The molecule has 4 N–H and O–H groups in total. The van der Waals surface area contributed by atoms with Crippen molar-refractivity contribution in [2.24, 2.45) is 16.5 Å². The summed E-state index contributed by atoms with van der Waals surface area (Å²) in [6, 6.07) is 7.47. The minimum atomic E-state index is -3.76. The van der Waals surface area contributed by atoms with Crippen LogP contribution in [0.15, 0.2) is 40.2 Å². The highest BCUT2D eigenvalue weighted by atomic mass is 35.5. The van der Waals surface area contributed by atoms with Crippen LogP contribution in [0, 0.1) is 6.92 Å². The van der Waals surface area contributed by atoms with Gasteiger partial charge in [-0.15, -0.1) is 0 Å². The first kappa shape index (κ1) is 17.2. The van der Waals surface area contributed by atoms with Gasteiger partial charge >= 0.3 is 0 Å². The molecule has 0 aliphatic carbocycles. The van der Waals surface area contributed by atoms with Crippen LogP contribution in [0.4, 0.5) is 0 Å². The summed E-state index contributed by atoms with van der Waals surface area (Å²) in [6.07, 6.45) is 0. The topological polar surface area (TPSA) is 125 Å². The molecule has 0 fully saturated rings. The molecule has 0 radical (unpaired) electrons. The summed E-state index contributed by atoms with van der Waals surface area (Å²) in [4.78, 5) is 15.4. The van der Waals surface area contributed by atoms with Gasteiger partial charge in [0.1, 0.15) is 16.4 Å². The molecule has 25 heavy (non-hydrogen) atoms. The molecule has 1 aliphatic rings. The Kier molecular flexibility index (Phi) is 4.18. The highest BCUT2D eigenvalue weighted by molar-refractivity contribution is 7.90. The number of halogens is 1. The van der Waals surface area contributed by atoms with Gasteiger partial charge in [-0.05, 0) is 42.8 Å². The fourth-order valence-corrected chi connectivity index (χ4v) is 4.34. The van der Waals surface area contributed by atoms with Crippen molar-refractivity contribution < 1.29 is 17.9 Å². The molecule has 0 bridgehead atoms. The Labute approximate surface area is 149 Å². The summed E-state index contributed by atoms with van der Waals surface area (Å²) in [6.45, 7) is 1.64. The van der Waals surface area contributed by atoms with E-state index in [0.717, 1.165) is 0 Å². The van der Waals surface area contributed by atoms with Crippen LogP contribution in [0.25, 0.3) is 0 Å². The van der Waals surface area contributed by atoms with Gasteiger partial charge < -0.3 is 16.2 Å². The molecule has 0 saturated carbocycles. The molecule has 7 nitrogen and oxygen atoms in total. The minimum absolute atomic E-state index is 0.0563. The lowest BCUT2D eigenvalue weighted by Crippen LogP contribution is -2.24. The van der Waals surface area contributed by atoms with Gasteiger partial charge in [0.05, 0.1) is 5.75 Å². The average molecular weight is 380 g/mol. The number of rotatable bonds is 1. The second-order valence-corrected chi connectivity index (χ2v) is 7.97. The normalized spacial score (nSPS) is 14.5. The van der Waals surface area contributed by atoms with Gasteiger partial charge in [-0.1, -0.05) is 11.6 Å². The third-order valence-corrected chi connectivity index (χ3v) is 5.53. The number of aliphatic imine (C=N–C) groups is 1. The van der Waals surface area contributed by atoms with Crippen LogP contribution in [0.3, 0.4) is 0 Å². The number of hydrogen-bond acceptors (Lipinski definition) is 4. The van der Waals surface area contributed by atoms with Crippen molar-refractivity contribution in [2.45, 2.75) is 17.6 Å². The number of sulfone groups is 1. The minimum Gasteiger partial charge on any atom is -0.455 e. The maximum Gasteiger partial charge on any atom is 0.280 e. The van der Waals surface area contributed by atoms with Crippen LogP contribution in [0.5, 0.6) is 11.5 Å². The maximum atomic E-state index is 12.8. The molecule has 0 atom stereocenters. The predicted octanol–water partition coefficient (Wildman–Crippen LogP) is 2.14. The molecule has 130 valence electrons. The van der Waals surface area contributed by atoms with Gasteiger partial charge in [0.15, 0.2) is 15.8 Å². The van der Waals surface area contributed by atoms with E-state index in [2.05, 4.69) is 4.99 Å². The lowest BCUT2D eigenvalue weighted by atomic mass is 10.1. The van der Waals surface area contributed by atoms with Gasteiger partial charge in [-0.25, -0.2) is 8.42 Å². The van der Waals surface area contributed by atoms with Gasteiger partial charge in [0.25, 0.3) is 5.91 Å². The number of carbonyl (C=O) groups excluding carboxylic acids is 1. The van der Waals surface area contributed by atoms with Crippen LogP contribution in [0.2, 0.25) is 5.02 Å². The number of nitrogens with two attached hydrogens (primary N) is 2. The van der Waals surface area contributed by atoms with E-state index in [1.807, 2.05) is 0 Å². The summed E-state index contributed by atoms with van der Waals surface area (Å²) < 4.78 is 31.4. The second kappa shape index (κ2) is 6.05. The molecule has 0 unspecified atom stereocenters. The van der Waals surface area contributed by atoms with E-state index in [4.69, 9.17) is 27.8 Å². The molecule has 1 amide bonds. The van der Waals surface area contributed by atoms with E-state index in [1.165, 1.54) is 12.1 Å². The number of benzene rings is 2. The lowest BCUT2D eigenvalue weighted by Gasteiger charge is -2.12. The molecular formula is C16H14ClN3O4S. The Bertz CT molecular complexity index is 1030. The average Bonchev–Trinajstić information content (AvgIpc) is 2.60. The van der Waals surface area contributed by atoms with Crippen molar-refractivity contribution in [1.29, 1.82) is 0 Å². The Hall–Kier alpha value is -2.58. The summed E-state index contributed by atoms with van der Waals surface area (Å²) in [7, 11) is -3.76. The SMILES string of the molecule is Cc1cc(C(=O)N=C(N)N)cc2c1Oc1ccc(Cl)cc1CS2(=O)=O. The Morgan fingerprint density at radius 3 is 2.64 bits per heavy atom. The van der Waals surface area contributed by atoms with Crippen LogP contribution >= 0.6 is 11.6 Å². The molecule has 2 aromatic carbocycles. The molecule has 0 spiro atoms. The highest BCUT2D eigenvalue weighted by Crippen LogP contribution is 2.41. The number of aryl methyl sites for hydroxylation is 1. The van der Waals surface area contributed by atoms with Crippen molar-refractivity contribution in [2.75, 3.05) is 0 Å². The van der Waals surface area contributed by atoms with E-state index in [9.17, 15) is 13.2 Å². The molecule has 0 aromatic heterocycles. The number of fused-ring (bicyclic) bond motifs is 2. The Balaban J connectivity index is 2.21. The second-order valence-electron chi connectivity index (χ2n) is 5.58. The largest absolute Gasteiger partial charge is 0.455 e. The summed E-state index contributed by atoms with van der Waals surface area (Å²) in [5, 5.41) is 0.406. The number of carbonyl (C=O) groups is 1. The van der Waals surface area contributed by atoms with E-state index >= 15 is 0 Å². The first-order chi connectivity index (χ1) is 11.7. The fourth-order valence-electron chi connectivity index (χ4n) is 2.56. The molecular weight excluding hydrogens is 366 g/mol. The highest BCUT2D eigenvalue weighted by Gasteiger charge is 2.29. The zero-order valence-corrected chi connectivity index (χ0v) is 14.7. The smallest absolute Gasteiger partial charge is 0.280 e. The van der Waals surface area contributed by atoms with Crippen molar-refractivity contribution in [3.05, 3.63) is 52.0 Å². The van der Waals surface area contributed by atoms with E-state index in [0.29, 0.717) is 21.9 Å². The summed E-state index contributed by atoms with van der Waals surface area (Å²) in [5.74, 6) is -0.861. The molecule has 2 aromatic rings. The fraction of sp³-hybridized carbons (Fsp3) is 0.125. The van der Waals surface area contributed by atoms with Crippen LogP contribution in [-0.4, -0.2) is 20.3 Å². The van der Waals surface area contributed by atoms with E-state index < -0.39 is 21.7 Å². The molecule has 0 saturated heterocycles. The molecule has 3 rings (SSSR count). The monoisotopic (exact) mass is 379 g/mol. The standard InChI is InChI=1S/C16H14ClN3O4S/c1-8-4-9(15(21)20-16(18)19)6-13-14(8)24-12-3-2-11(17)5-10(12)7-25(13,22)23/h2-6H,7H2,1H3,(H4,18,19,20,21). The van der Waals surface area contributed by atoms with Crippen LogP contribution < -0.4 is 16.2 Å². The number of guanidine groups is 1. The lowest BCUT2D eigenvalue weighted by molar-refractivity contribution is 0.100. The molecule has 1 heterocycles. The van der Waals surface area contributed by atoms with Crippen molar-refractivity contribution in [3.63, 3.8) is 0 Å². The van der Waals surface area contributed by atoms with Gasteiger partial charge in [-0.2, -0.15) is 4.99 Å². The van der Waals surface area contributed by atoms with Gasteiger partial charge in [0, 0.05) is 16.1 Å².